The Balaban J connectivity index is 1.29. The molecular formula is C30H22BrFN2O5S. The van der Waals surface area contributed by atoms with E-state index in [0.29, 0.717) is 27.2 Å². The number of methoxy groups -OCH3 is 1. The molecule has 1 fully saturated rings. The fraction of sp³-hybridized carbons (Fsp3) is 0.100. The van der Waals surface area contributed by atoms with Crippen molar-refractivity contribution in [2.24, 2.45) is 0 Å². The minimum absolute atomic E-state index is 0.178. The van der Waals surface area contributed by atoms with Gasteiger partial charge >= 0.3 is 0 Å². The SMILES string of the molecule is COc1cc(/C=C2/SC(=O)N(CC(=O)Nc3cccc4ccccc34)C2=O)cc(Br)c1OCc1ccc(F)cc1. The predicted molar refractivity (Wildman–Crippen MR) is 157 cm³/mol. The topological polar surface area (TPSA) is 84.9 Å². The number of hydrogen-bond donors (Lipinski definition) is 1. The monoisotopic (exact) mass is 620 g/mol. The first kappa shape index (κ1) is 27.4. The van der Waals surface area contributed by atoms with Gasteiger partial charge in [-0.1, -0.05) is 48.5 Å². The zero-order valence-corrected chi connectivity index (χ0v) is 23.6. The molecule has 1 aliphatic rings. The number of nitrogens with one attached hydrogen (secondary N) is 1. The molecule has 0 bridgehead atoms. The van der Waals surface area contributed by atoms with Gasteiger partial charge in [0.05, 0.1) is 16.5 Å². The van der Waals surface area contributed by atoms with Gasteiger partial charge in [-0.25, -0.2) is 4.39 Å². The molecule has 3 amide bonds. The molecule has 202 valence electrons. The van der Waals surface area contributed by atoms with Crippen LogP contribution in [0.4, 0.5) is 14.9 Å². The molecule has 1 aliphatic heterocycles. The van der Waals surface area contributed by atoms with Crippen molar-refractivity contribution in [2.45, 2.75) is 6.61 Å². The van der Waals surface area contributed by atoms with E-state index in [1.807, 2.05) is 36.4 Å². The molecule has 0 unspecified atom stereocenters. The van der Waals surface area contributed by atoms with Gasteiger partial charge in [0.15, 0.2) is 11.5 Å². The quantitative estimate of drug-likeness (QED) is 0.213. The smallest absolute Gasteiger partial charge is 0.294 e. The van der Waals surface area contributed by atoms with Crippen molar-refractivity contribution in [3.8, 4) is 11.5 Å². The van der Waals surface area contributed by atoms with E-state index in [0.717, 1.165) is 33.0 Å². The second-order valence-corrected chi connectivity index (χ2v) is 10.6. The number of hydrogen-bond acceptors (Lipinski definition) is 6. The molecule has 40 heavy (non-hydrogen) atoms. The normalized spacial score (nSPS) is 14.2. The highest BCUT2D eigenvalue weighted by molar-refractivity contribution is 9.10. The number of carbonyl (C=O) groups excluding carboxylic acids is 3. The summed E-state index contributed by atoms with van der Waals surface area (Å²) in [5.74, 6) is -0.540. The molecule has 0 atom stereocenters. The van der Waals surface area contributed by atoms with Crippen LogP contribution in [-0.4, -0.2) is 35.6 Å². The van der Waals surface area contributed by atoms with Gasteiger partial charge in [-0.2, -0.15) is 0 Å². The van der Waals surface area contributed by atoms with Gasteiger partial charge in [-0.05, 0) is 80.6 Å². The fourth-order valence-electron chi connectivity index (χ4n) is 4.15. The Morgan fingerprint density at radius 1 is 1.05 bits per heavy atom. The van der Waals surface area contributed by atoms with Gasteiger partial charge in [0.1, 0.15) is 19.0 Å². The molecule has 0 saturated carbocycles. The third-order valence-electron chi connectivity index (χ3n) is 6.08. The van der Waals surface area contributed by atoms with Crippen LogP contribution < -0.4 is 14.8 Å². The highest BCUT2D eigenvalue weighted by Crippen LogP contribution is 2.39. The first-order valence-electron chi connectivity index (χ1n) is 12.1. The Hall–Kier alpha value is -4.15. The zero-order chi connectivity index (χ0) is 28.2. The average Bonchev–Trinajstić information content (AvgIpc) is 3.20. The summed E-state index contributed by atoms with van der Waals surface area (Å²) in [4.78, 5) is 39.6. The molecular weight excluding hydrogens is 599 g/mol. The minimum atomic E-state index is -0.560. The molecule has 10 heteroatoms. The lowest BCUT2D eigenvalue weighted by Gasteiger charge is -2.14. The fourth-order valence-corrected chi connectivity index (χ4v) is 5.57. The number of halogens is 2. The van der Waals surface area contributed by atoms with Crippen LogP contribution in [0.25, 0.3) is 16.8 Å². The predicted octanol–water partition coefficient (Wildman–Crippen LogP) is 7.00. The van der Waals surface area contributed by atoms with Crippen molar-refractivity contribution < 1.29 is 28.2 Å². The molecule has 0 aromatic heterocycles. The van der Waals surface area contributed by atoms with E-state index in [2.05, 4.69) is 21.2 Å². The summed E-state index contributed by atoms with van der Waals surface area (Å²) in [5.41, 5.74) is 1.96. The Labute approximate surface area is 242 Å². The summed E-state index contributed by atoms with van der Waals surface area (Å²) in [7, 11) is 1.48. The number of thioether (sulfide) groups is 1. The molecule has 5 rings (SSSR count). The largest absolute Gasteiger partial charge is 0.493 e. The van der Waals surface area contributed by atoms with Crippen molar-refractivity contribution >= 4 is 67.3 Å². The Morgan fingerprint density at radius 3 is 2.58 bits per heavy atom. The lowest BCUT2D eigenvalue weighted by Crippen LogP contribution is -2.36. The molecule has 4 aromatic rings. The second-order valence-electron chi connectivity index (χ2n) is 8.79. The molecule has 1 saturated heterocycles. The maximum absolute atomic E-state index is 13.2. The number of nitrogens with zero attached hydrogens (tertiary/aromatic N) is 1. The number of ether oxygens (including phenoxy) is 2. The van der Waals surface area contributed by atoms with Crippen LogP contribution in [0.1, 0.15) is 11.1 Å². The third-order valence-corrected chi connectivity index (χ3v) is 7.58. The summed E-state index contributed by atoms with van der Waals surface area (Å²) in [6.45, 7) is -0.220. The van der Waals surface area contributed by atoms with Gasteiger partial charge in [0.25, 0.3) is 11.1 Å². The van der Waals surface area contributed by atoms with Crippen molar-refractivity contribution in [1.82, 2.24) is 4.90 Å². The molecule has 0 radical (unpaired) electrons. The van der Waals surface area contributed by atoms with E-state index in [-0.39, 0.29) is 17.3 Å². The van der Waals surface area contributed by atoms with Crippen LogP contribution in [-0.2, 0) is 16.2 Å². The number of carbonyl (C=O) groups is 3. The van der Waals surface area contributed by atoms with E-state index >= 15 is 0 Å². The van der Waals surface area contributed by atoms with Crippen LogP contribution in [0.15, 0.2) is 88.2 Å². The molecule has 0 aliphatic carbocycles. The lowest BCUT2D eigenvalue weighted by atomic mass is 10.1. The van der Waals surface area contributed by atoms with Crippen LogP contribution in [0, 0.1) is 5.82 Å². The number of amides is 3. The van der Waals surface area contributed by atoms with Crippen LogP contribution >= 0.6 is 27.7 Å². The van der Waals surface area contributed by atoms with Gasteiger partial charge in [0.2, 0.25) is 5.91 Å². The maximum atomic E-state index is 13.2. The van der Waals surface area contributed by atoms with E-state index in [4.69, 9.17) is 9.47 Å². The summed E-state index contributed by atoms with van der Waals surface area (Å²) in [6.07, 6.45) is 1.56. The minimum Gasteiger partial charge on any atom is -0.493 e. The van der Waals surface area contributed by atoms with Crippen LogP contribution in [0.3, 0.4) is 0 Å². The number of rotatable bonds is 8. The lowest BCUT2D eigenvalue weighted by molar-refractivity contribution is -0.127. The highest BCUT2D eigenvalue weighted by atomic mass is 79.9. The first-order chi connectivity index (χ1) is 19.3. The second kappa shape index (κ2) is 11.9. The molecule has 1 N–H and O–H groups in total. The van der Waals surface area contributed by atoms with Crippen molar-refractivity contribution in [1.29, 1.82) is 0 Å². The maximum Gasteiger partial charge on any atom is 0.294 e. The molecule has 4 aromatic carbocycles. The summed E-state index contributed by atoms with van der Waals surface area (Å²) >= 11 is 4.24. The Kier molecular flexibility index (Phi) is 8.18. The van der Waals surface area contributed by atoms with Gasteiger partial charge in [-0.3, -0.25) is 19.3 Å². The van der Waals surface area contributed by atoms with E-state index < -0.39 is 23.6 Å². The third kappa shape index (κ3) is 6.03. The summed E-state index contributed by atoms with van der Waals surface area (Å²) in [5, 5.41) is 4.09. The first-order valence-corrected chi connectivity index (χ1v) is 13.7. The number of fused-ring (bicyclic) bond motifs is 1. The van der Waals surface area contributed by atoms with Crippen molar-refractivity contribution in [2.75, 3.05) is 19.0 Å². The highest BCUT2D eigenvalue weighted by Gasteiger charge is 2.36. The van der Waals surface area contributed by atoms with E-state index in [1.54, 1.807) is 36.4 Å². The standard InChI is InChI=1S/C30H22BrFN2O5S/c1-38-25-14-19(13-23(31)28(25)39-17-18-9-11-21(32)12-10-18)15-26-29(36)34(30(37)40-26)16-27(35)33-24-8-4-6-20-5-2-3-7-22(20)24/h2-15H,16-17H2,1H3,(H,33,35)/b26-15+. The number of imide groups is 1. The number of anilines is 1. The molecule has 1 heterocycles. The van der Waals surface area contributed by atoms with Gasteiger partial charge in [0, 0.05) is 11.1 Å². The molecule has 0 spiro atoms. The summed E-state index contributed by atoms with van der Waals surface area (Å²) < 4.78 is 25.1. The Morgan fingerprint density at radius 2 is 1.80 bits per heavy atom. The average molecular weight is 621 g/mol. The zero-order valence-electron chi connectivity index (χ0n) is 21.1. The van der Waals surface area contributed by atoms with E-state index in [9.17, 15) is 18.8 Å². The number of benzene rings is 4. The van der Waals surface area contributed by atoms with Gasteiger partial charge in [-0.15, -0.1) is 0 Å². The van der Waals surface area contributed by atoms with Crippen LogP contribution in [0.5, 0.6) is 11.5 Å². The molecule has 7 nitrogen and oxygen atoms in total. The van der Waals surface area contributed by atoms with Crippen molar-refractivity contribution in [3.63, 3.8) is 0 Å². The Bertz CT molecular complexity index is 1650. The van der Waals surface area contributed by atoms with E-state index in [1.165, 1.54) is 19.2 Å². The van der Waals surface area contributed by atoms with Crippen molar-refractivity contribution in [3.05, 3.63) is 105 Å². The van der Waals surface area contributed by atoms with Crippen LogP contribution in [0.2, 0.25) is 0 Å². The summed E-state index contributed by atoms with van der Waals surface area (Å²) in [6, 6.07) is 22.5. The van der Waals surface area contributed by atoms with Gasteiger partial charge < -0.3 is 14.8 Å².